The van der Waals surface area contributed by atoms with Gasteiger partial charge in [-0.2, -0.15) is 0 Å². The van der Waals surface area contributed by atoms with Crippen molar-refractivity contribution >= 4 is 0 Å². The summed E-state index contributed by atoms with van der Waals surface area (Å²) in [6, 6.07) is 0.955. The smallest absolute Gasteiger partial charge is 0.00952 e. The Morgan fingerprint density at radius 2 is 1.75 bits per heavy atom. The van der Waals surface area contributed by atoms with Crippen LogP contribution < -0.4 is 0 Å². The molecule has 1 heterocycles. The van der Waals surface area contributed by atoms with Gasteiger partial charge in [0.05, 0.1) is 0 Å². The fraction of sp³-hybridized carbons (Fsp3) is 0.909. The number of hydrogen-bond donors (Lipinski definition) is 0. The first-order valence-electron chi connectivity index (χ1n) is 5.52. The van der Waals surface area contributed by atoms with Crippen molar-refractivity contribution in [2.45, 2.75) is 51.0 Å². The van der Waals surface area contributed by atoms with Gasteiger partial charge in [0.2, 0.25) is 0 Å². The highest BCUT2D eigenvalue weighted by molar-refractivity contribution is 4.81. The average molecular weight is 166 g/mol. The zero-order valence-electron chi connectivity index (χ0n) is 7.97. The molecule has 1 saturated heterocycles. The maximum atomic E-state index is 2.73. The monoisotopic (exact) mass is 166 g/mol. The molecule has 0 unspecified atom stereocenters. The summed E-state index contributed by atoms with van der Waals surface area (Å²) in [5.41, 5.74) is 0. The minimum Gasteiger partial charge on any atom is -0.300 e. The standard InChI is InChI=1S/C11H20N/c1-2-6-10-12(9-5-1)11-7-3-4-8-11/h1,11H,2-10H2. The van der Waals surface area contributed by atoms with Crippen molar-refractivity contribution in [3.63, 3.8) is 0 Å². The molecule has 1 heteroatoms. The van der Waals surface area contributed by atoms with Gasteiger partial charge in [0.1, 0.15) is 0 Å². The van der Waals surface area contributed by atoms with Gasteiger partial charge >= 0.3 is 0 Å². The molecular formula is C11H20N. The lowest BCUT2D eigenvalue weighted by molar-refractivity contribution is 0.207. The summed E-state index contributed by atoms with van der Waals surface area (Å²) >= 11 is 0. The second kappa shape index (κ2) is 4.27. The lowest BCUT2D eigenvalue weighted by Gasteiger charge is -2.26. The molecule has 0 aromatic carbocycles. The fourth-order valence-electron chi connectivity index (χ4n) is 2.59. The third-order valence-corrected chi connectivity index (χ3v) is 3.32. The highest BCUT2D eigenvalue weighted by Gasteiger charge is 2.22. The number of rotatable bonds is 1. The van der Waals surface area contributed by atoms with Crippen LogP contribution in [0.1, 0.15) is 44.9 Å². The lowest BCUT2D eigenvalue weighted by Crippen LogP contribution is -2.33. The van der Waals surface area contributed by atoms with E-state index in [9.17, 15) is 0 Å². The lowest BCUT2D eigenvalue weighted by atomic mass is 10.2. The number of nitrogens with zero attached hydrogens (tertiary/aromatic N) is 1. The number of likely N-dealkylation sites (tertiary alicyclic amines) is 1. The molecule has 0 atom stereocenters. The summed E-state index contributed by atoms with van der Waals surface area (Å²) in [5.74, 6) is 0. The maximum Gasteiger partial charge on any atom is 0.00952 e. The van der Waals surface area contributed by atoms with Crippen LogP contribution >= 0.6 is 0 Å². The molecule has 2 fully saturated rings. The van der Waals surface area contributed by atoms with Crippen molar-refractivity contribution in [3.8, 4) is 0 Å². The minimum absolute atomic E-state index is 0.955. The van der Waals surface area contributed by atoms with Crippen molar-refractivity contribution in [2.24, 2.45) is 0 Å². The van der Waals surface area contributed by atoms with Crippen LogP contribution in [0.3, 0.4) is 0 Å². The summed E-state index contributed by atoms with van der Waals surface area (Å²) in [6.07, 6.45) is 12.4. The van der Waals surface area contributed by atoms with Gasteiger partial charge in [-0.15, -0.1) is 0 Å². The van der Waals surface area contributed by atoms with Crippen LogP contribution in [-0.4, -0.2) is 24.0 Å². The van der Waals surface area contributed by atoms with Crippen molar-refractivity contribution in [1.29, 1.82) is 0 Å². The van der Waals surface area contributed by atoms with E-state index in [1.165, 1.54) is 58.0 Å². The van der Waals surface area contributed by atoms with E-state index < -0.39 is 0 Å². The van der Waals surface area contributed by atoms with Crippen LogP contribution in [0.2, 0.25) is 0 Å². The predicted molar refractivity (Wildman–Crippen MR) is 52.0 cm³/mol. The Kier molecular flexibility index (Phi) is 3.04. The Morgan fingerprint density at radius 3 is 2.58 bits per heavy atom. The molecule has 1 saturated carbocycles. The Balaban J connectivity index is 1.83. The Labute approximate surface area is 76.1 Å². The van der Waals surface area contributed by atoms with Gasteiger partial charge in [-0.05, 0) is 51.6 Å². The first kappa shape index (κ1) is 8.55. The van der Waals surface area contributed by atoms with Gasteiger partial charge in [0.25, 0.3) is 0 Å². The molecule has 0 N–H and O–H groups in total. The van der Waals surface area contributed by atoms with Gasteiger partial charge in [-0.1, -0.05) is 12.8 Å². The molecule has 1 aliphatic carbocycles. The highest BCUT2D eigenvalue weighted by Crippen LogP contribution is 2.25. The van der Waals surface area contributed by atoms with E-state index in [-0.39, 0.29) is 0 Å². The Hall–Kier alpha value is -0.0400. The summed E-state index contributed by atoms with van der Waals surface area (Å²) in [7, 11) is 0. The van der Waals surface area contributed by atoms with Crippen molar-refractivity contribution < 1.29 is 0 Å². The van der Waals surface area contributed by atoms with Gasteiger partial charge in [-0.3, -0.25) is 0 Å². The van der Waals surface area contributed by atoms with E-state index >= 15 is 0 Å². The van der Waals surface area contributed by atoms with Gasteiger partial charge < -0.3 is 4.90 Å². The topological polar surface area (TPSA) is 3.24 Å². The first-order chi connectivity index (χ1) is 5.97. The van der Waals surface area contributed by atoms with Crippen LogP contribution in [0, 0.1) is 6.42 Å². The molecule has 0 spiro atoms. The van der Waals surface area contributed by atoms with E-state index in [4.69, 9.17) is 0 Å². The van der Waals surface area contributed by atoms with E-state index in [1.807, 2.05) is 0 Å². The van der Waals surface area contributed by atoms with Crippen LogP contribution in [0.15, 0.2) is 0 Å². The molecule has 2 aliphatic rings. The third-order valence-electron chi connectivity index (χ3n) is 3.32. The maximum absolute atomic E-state index is 2.73. The molecule has 69 valence electrons. The van der Waals surface area contributed by atoms with Crippen LogP contribution in [0.25, 0.3) is 0 Å². The molecule has 1 nitrogen and oxygen atoms in total. The SMILES string of the molecule is [CH]1CCCN(C2CCCC2)CC1. The molecule has 0 amide bonds. The molecule has 12 heavy (non-hydrogen) atoms. The zero-order chi connectivity index (χ0) is 8.23. The average Bonchev–Trinajstić information content (AvgIpc) is 2.48. The normalized spacial score (nSPS) is 29.0. The fourth-order valence-corrected chi connectivity index (χ4v) is 2.59. The van der Waals surface area contributed by atoms with Gasteiger partial charge in [0.15, 0.2) is 0 Å². The summed E-state index contributed by atoms with van der Waals surface area (Å²) in [4.78, 5) is 2.73. The van der Waals surface area contributed by atoms with Crippen LogP contribution in [0.4, 0.5) is 0 Å². The minimum atomic E-state index is 0.955. The second-order valence-corrected chi connectivity index (χ2v) is 4.19. The number of hydrogen-bond acceptors (Lipinski definition) is 1. The molecule has 1 radical (unpaired) electrons. The molecule has 0 aromatic rings. The van der Waals surface area contributed by atoms with E-state index in [0.717, 1.165) is 6.04 Å². The Morgan fingerprint density at radius 1 is 0.917 bits per heavy atom. The van der Waals surface area contributed by atoms with Crippen molar-refractivity contribution in [1.82, 2.24) is 4.90 Å². The molecular weight excluding hydrogens is 146 g/mol. The molecule has 2 rings (SSSR count). The molecule has 0 aromatic heterocycles. The van der Waals surface area contributed by atoms with Crippen LogP contribution in [-0.2, 0) is 0 Å². The molecule has 1 aliphatic heterocycles. The molecule has 0 bridgehead atoms. The summed E-state index contributed by atoms with van der Waals surface area (Å²) < 4.78 is 0. The van der Waals surface area contributed by atoms with E-state index in [0.29, 0.717) is 0 Å². The first-order valence-corrected chi connectivity index (χ1v) is 5.52. The van der Waals surface area contributed by atoms with E-state index in [1.54, 1.807) is 0 Å². The quantitative estimate of drug-likeness (QED) is 0.579. The van der Waals surface area contributed by atoms with Crippen LogP contribution in [0.5, 0.6) is 0 Å². The third kappa shape index (κ3) is 2.01. The van der Waals surface area contributed by atoms with Gasteiger partial charge in [0, 0.05) is 6.04 Å². The summed E-state index contributed by atoms with van der Waals surface area (Å²) in [5, 5.41) is 0. The Bertz CT molecular complexity index is 119. The predicted octanol–water partition coefficient (Wildman–Crippen LogP) is 2.62. The largest absolute Gasteiger partial charge is 0.300 e. The van der Waals surface area contributed by atoms with Crippen molar-refractivity contribution in [3.05, 3.63) is 6.42 Å². The van der Waals surface area contributed by atoms with Crippen molar-refractivity contribution in [2.75, 3.05) is 13.1 Å². The zero-order valence-corrected chi connectivity index (χ0v) is 7.97. The van der Waals surface area contributed by atoms with Gasteiger partial charge in [-0.25, -0.2) is 0 Å². The highest BCUT2D eigenvalue weighted by atomic mass is 15.2. The second-order valence-electron chi connectivity index (χ2n) is 4.19. The van der Waals surface area contributed by atoms with E-state index in [2.05, 4.69) is 11.3 Å². The summed E-state index contributed by atoms with van der Waals surface area (Å²) in [6.45, 7) is 2.70.